The lowest BCUT2D eigenvalue weighted by molar-refractivity contribution is -0.140. The normalized spacial score (nSPS) is 11.4. The van der Waals surface area contributed by atoms with E-state index in [0.29, 0.717) is 5.56 Å². The van der Waals surface area contributed by atoms with Crippen molar-refractivity contribution in [3.63, 3.8) is 0 Å². The first-order valence-corrected chi connectivity index (χ1v) is 5.61. The number of nitrogens with zero attached hydrogens (tertiary/aromatic N) is 1. The van der Waals surface area contributed by atoms with Gasteiger partial charge in [0.15, 0.2) is 0 Å². The Morgan fingerprint density at radius 2 is 2.21 bits per heavy atom. The van der Waals surface area contributed by atoms with E-state index in [0.717, 1.165) is 0 Å². The number of hydrogen-bond acceptors (Lipinski definition) is 5. The summed E-state index contributed by atoms with van der Waals surface area (Å²) in [5, 5.41) is 2.45. The van der Waals surface area contributed by atoms with Crippen molar-refractivity contribution in [1.29, 1.82) is 0 Å². The van der Waals surface area contributed by atoms with Crippen molar-refractivity contribution in [2.75, 3.05) is 7.11 Å². The van der Waals surface area contributed by atoms with E-state index in [1.54, 1.807) is 12.1 Å². The maximum Gasteiger partial charge on any atom is 0.305 e. The number of aromatic nitrogens is 1. The van der Waals surface area contributed by atoms with E-state index in [4.69, 9.17) is 5.73 Å². The summed E-state index contributed by atoms with van der Waals surface area (Å²) in [6.45, 7) is 0. The largest absolute Gasteiger partial charge is 0.469 e. The number of ether oxygens (including phenoxy) is 1. The maximum atomic E-state index is 11.8. The molecule has 0 fully saturated rings. The molecule has 1 aromatic heterocycles. The van der Waals surface area contributed by atoms with E-state index in [9.17, 15) is 14.4 Å². The van der Waals surface area contributed by atoms with Crippen LogP contribution in [-0.2, 0) is 14.3 Å². The minimum atomic E-state index is -0.924. The second-order valence-corrected chi connectivity index (χ2v) is 3.78. The minimum Gasteiger partial charge on any atom is -0.469 e. The molecule has 19 heavy (non-hydrogen) atoms. The predicted octanol–water partition coefficient (Wildman–Crippen LogP) is -0.381. The summed E-state index contributed by atoms with van der Waals surface area (Å²) in [6, 6.07) is 2.23. The van der Waals surface area contributed by atoms with Crippen molar-refractivity contribution in [2.24, 2.45) is 5.73 Å². The summed E-state index contributed by atoms with van der Waals surface area (Å²) >= 11 is 0. The van der Waals surface area contributed by atoms with Crippen LogP contribution in [0, 0.1) is 0 Å². The smallest absolute Gasteiger partial charge is 0.305 e. The molecule has 0 saturated carbocycles. The average Bonchev–Trinajstić information content (AvgIpc) is 2.43. The van der Waals surface area contributed by atoms with Crippen LogP contribution in [0.5, 0.6) is 0 Å². The Labute approximate surface area is 110 Å². The first-order chi connectivity index (χ1) is 9.04. The zero-order chi connectivity index (χ0) is 14.3. The molecule has 0 aliphatic rings. The van der Waals surface area contributed by atoms with Gasteiger partial charge in [0.1, 0.15) is 6.04 Å². The van der Waals surface area contributed by atoms with Gasteiger partial charge in [-0.05, 0) is 18.6 Å². The second kappa shape index (κ2) is 7.10. The Hall–Kier alpha value is -2.44. The predicted molar refractivity (Wildman–Crippen MR) is 65.9 cm³/mol. The van der Waals surface area contributed by atoms with Gasteiger partial charge in [0, 0.05) is 18.8 Å². The fourth-order valence-corrected chi connectivity index (χ4v) is 1.39. The Morgan fingerprint density at radius 1 is 1.47 bits per heavy atom. The third-order valence-electron chi connectivity index (χ3n) is 2.44. The van der Waals surface area contributed by atoms with Crippen molar-refractivity contribution in [3.05, 3.63) is 30.1 Å². The van der Waals surface area contributed by atoms with Gasteiger partial charge in [-0.15, -0.1) is 0 Å². The molecule has 0 bridgehead atoms. The number of methoxy groups -OCH3 is 1. The van der Waals surface area contributed by atoms with Crippen LogP contribution in [0.3, 0.4) is 0 Å². The molecule has 0 saturated heterocycles. The number of rotatable bonds is 6. The average molecular weight is 265 g/mol. The van der Waals surface area contributed by atoms with E-state index in [1.165, 1.54) is 19.5 Å². The number of primary amides is 1. The van der Waals surface area contributed by atoms with E-state index < -0.39 is 23.8 Å². The number of carbonyl (C=O) groups is 3. The van der Waals surface area contributed by atoms with Gasteiger partial charge in [-0.3, -0.25) is 19.4 Å². The molecule has 1 heterocycles. The van der Waals surface area contributed by atoms with Crippen LogP contribution in [0.25, 0.3) is 0 Å². The molecule has 1 rings (SSSR count). The van der Waals surface area contributed by atoms with Crippen molar-refractivity contribution in [1.82, 2.24) is 10.3 Å². The lowest BCUT2D eigenvalue weighted by atomic mass is 10.1. The summed E-state index contributed by atoms with van der Waals surface area (Å²) in [7, 11) is 1.25. The monoisotopic (exact) mass is 265 g/mol. The van der Waals surface area contributed by atoms with Gasteiger partial charge >= 0.3 is 5.97 Å². The van der Waals surface area contributed by atoms with Gasteiger partial charge in [0.25, 0.3) is 5.91 Å². The highest BCUT2D eigenvalue weighted by atomic mass is 16.5. The van der Waals surface area contributed by atoms with E-state index in [-0.39, 0.29) is 12.8 Å². The number of carbonyl (C=O) groups excluding carboxylic acids is 3. The van der Waals surface area contributed by atoms with Crippen molar-refractivity contribution >= 4 is 17.8 Å². The van der Waals surface area contributed by atoms with Crippen molar-refractivity contribution in [2.45, 2.75) is 18.9 Å². The summed E-state index contributed by atoms with van der Waals surface area (Å²) in [5.41, 5.74) is 5.48. The lowest BCUT2D eigenvalue weighted by Gasteiger charge is -2.14. The lowest BCUT2D eigenvalue weighted by Crippen LogP contribution is -2.44. The van der Waals surface area contributed by atoms with Gasteiger partial charge in [0.05, 0.1) is 12.7 Å². The highest BCUT2D eigenvalue weighted by molar-refractivity contribution is 5.97. The number of esters is 1. The third-order valence-corrected chi connectivity index (χ3v) is 2.44. The van der Waals surface area contributed by atoms with Crippen LogP contribution in [0.1, 0.15) is 23.2 Å². The third kappa shape index (κ3) is 4.74. The van der Waals surface area contributed by atoms with Crippen LogP contribution < -0.4 is 11.1 Å². The first kappa shape index (κ1) is 14.6. The number of hydrogen-bond donors (Lipinski definition) is 2. The van der Waals surface area contributed by atoms with Crippen molar-refractivity contribution < 1.29 is 19.1 Å². The molecular weight excluding hydrogens is 250 g/mol. The highest BCUT2D eigenvalue weighted by Gasteiger charge is 2.20. The zero-order valence-electron chi connectivity index (χ0n) is 10.5. The quantitative estimate of drug-likeness (QED) is 0.681. The fraction of sp³-hybridized carbons (Fsp3) is 0.333. The van der Waals surface area contributed by atoms with Crippen LogP contribution in [0.2, 0.25) is 0 Å². The molecule has 0 aromatic carbocycles. The summed E-state index contributed by atoms with van der Waals surface area (Å²) in [4.78, 5) is 37.8. The molecule has 0 unspecified atom stereocenters. The molecule has 0 aliphatic carbocycles. The summed E-state index contributed by atoms with van der Waals surface area (Å²) < 4.78 is 4.46. The van der Waals surface area contributed by atoms with Crippen LogP contribution in [-0.4, -0.2) is 35.9 Å². The number of amides is 2. The van der Waals surface area contributed by atoms with E-state index in [2.05, 4.69) is 15.0 Å². The van der Waals surface area contributed by atoms with Crippen LogP contribution in [0.4, 0.5) is 0 Å². The Morgan fingerprint density at radius 3 is 2.74 bits per heavy atom. The topological polar surface area (TPSA) is 111 Å². The summed E-state index contributed by atoms with van der Waals surface area (Å²) in [6.07, 6.45) is 2.98. The molecule has 0 radical (unpaired) electrons. The molecule has 102 valence electrons. The SMILES string of the molecule is COC(=O)CC[C@H](NC(=O)c1cccnc1)C(N)=O. The standard InChI is InChI=1S/C12H15N3O4/c1-19-10(16)5-4-9(11(13)17)15-12(18)8-3-2-6-14-7-8/h2-3,6-7,9H,4-5H2,1H3,(H2,13,17)(H,15,18)/t9-/m0/s1. The Bertz CT molecular complexity index is 461. The number of pyridine rings is 1. The van der Waals surface area contributed by atoms with Crippen LogP contribution >= 0.6 is 0 Å². The minimum absolute atomic E-state index is 0.00255. The molecule has 2 amide bonds. The second-order valence-electron chi connectivity index (χ2n) is 3.78. The first-order valence-electron chi connectivity index (χ1n) is 5.61. The number of nitrogens with one attached hydrogen (secondary N) is 1. The number of nitrogens with two attached hydrogens (primary N) is 1. The van der Waals surface area contributed by atoms with Gasteiger partial charge in [0.2, 0.25) is 5.91 Å². The molecular formula is C12H15N3O4. The molecule has 3 N–H and O–H groups in total. The zero-order valence-corrected chi connectivity index (χ0v) is 10.5. The van der Waals surface area contributed by atoms with Gasteiger partial charge < -0.3 is 15.8 Å². The van der Waals surface area contributed by atoms with Gasteiger partial charge in [-0.1, -0.05) is 0 Å². The molecule has 1 atom stereocenters. The highest BCUT2D eigenvalue weighted by Crippen LogP contribution is 2.02. The molecule has 7 nitrogen and oxygen atoms in total. The Kier molecular flexibility index (Phi) is 5.46. The Balaban J connectivity index is 2.61. The van der Waals surface area contributed by atoms with Crippen LogP contribution in [0.15, 0.2) is 24.5 Å². The van der Waals surface area contributed by atoms with Gasteiger partial charge in [-0.2, -0.15) is 0 Å². The van der Waals surface area contributed by atoms with Gasteiger partial charge in [-0.25, -0.2) is 0 Å². The maximum absolute atomic E-state index is 11.8. The summed E-state index contributed by atoms with van der Waals surface area (Å²) in [5.74, 6) is -1.65. The van der Waals surface area contributed by atoms with E-state index in [1.807, 2.05) is 0 Å². The molecule has 0 aliphatic heterocycles. The molecule has 1 aromatic rings. The van der Waals surface area contributed by atoms with Crippen molar-refractivity contribution in [3.8, 4) is 0 Å². The fourth-order valence-electron chi connectivity index (χ4n) is 1.39. The van der Waals surface area contributed by atoms with E-state index >= 15 is 0 Å². The molecule has 7 heteroatoms. The molecule has 0 spiro atoms.